The molecule has 0 unspecified atom stereocenters. The van der Waals surface area contributed by atoms with E-state index in [1.54, 1.807) is 18.3 Å². The van der Waals surface area contributed by atoms with Gasteiger partial charge >= 0.3 is 0 Å². The van der Waals surface area contributed by atoms with Crippen molar-refractivity contribution in [3.63, 3.8) is 0 Å². The second-order valence-electron chi connectivity index (χ2n) is 6.81. The molecule has 0 spiro atoms. The molecule has 6 nitrogen and oxygen atoms in total. The van der Waals surface area contributed by atoms with Crippen LogP contribution in [0.5, 0.6) is 0 Å². The molecule has 26 heavy (non-hydrogen) atoms. The first kappa shape index (κ1) is 17.9. The number of piperidine rings is 1. The van der Waals surface area contributed by atoms with Crippen molar-refractivity contribution in [2.45, 2.75) is 44.8 Å². The molecule has 0 saturated carbocycles. The first-order chi connectivity index (χ1) is 12.5. The molecule has 0 aliphatic carbocycles. The normalized spacial score (nSPS) is 19.7. The van der Waals surface area contributed by atoms with Crippen LogP contribution < -0.4 is 16.0 Å². The minimum Gasteiger partial charge on any atom is -0.368 e. The summed E-state index contributed by atoms with van der Waals surface area (Å²) in [7, 11) is 0. The van der Waals surface area contributed by atoms with Crippen molar-refractivity contribution in [2.24, 2.45) is 0 Å². The van der Waals surface area contributed by atoms with Crippen molar-refractivity contribution < 1.29 is 9.59 Å². The van der Waals surface area contributed by atoms with E-state index in [9.17, 15) is 9.59 Å². The van der Waals surface area contributed by atoms with Gasteiger partial charge in [0, 0.05) is 18.7 Å². The van der Waals surface area contributed by atoms with Gasteiger partial charge in [-0.15, -0.1) is 0 Å². The van der Waals surface area contributed by atoms with E-state index in [0.29, 0.717) is 18.4 Å². The summed E-state index contributed by atoms with van der Waals surface area (Å²) in [4.78, 5) is 28.7. The van der Waals surface area contributed by atoms with E-state index in [0.717, 1.165) is 11.4 Å². The summed E-state index contributed by atoms with van der Waals surface area (Å²) in [5, 5.41) is 9.24. The van der Waals surface area contributed by atoms with Gasteiger partial charge in [-0.1, -0.05) is 30.3 Å². The van der Waals surface area contributed by atoms with Crippen LogP contribution in [0.1, 0.15) is 48.7 Å². The smallest absolute Gasteiger partial charge is 0.253 e. The Morgan fingerprint density at radius 2 is 1.96 bits per heavy atom. The number of nitrogens with one attached hydrogen (secondary N) is 3. The van der Waals surface area contributed by atoms with Crippen molar-refractivity contribution in [1.82, 2.24) is 15.6 Å². The van der Waals surface area contributed by atoms with Crippen LogP contribution in [0.4, 0.5) is 5.82 Å². The molecule has 1 aliphatic rings. The Kier molecular flexibility index (Phi) is 5.51. The van der Waals surface area contributed by atoms with Crippen molar-refractivity contribution in [1.29, 1.82) is 0 Å². The van der Waals surface area contributed by atoms with E-state index in [-0.39, 0.29) is 29.9 Å². The molecular weight excluding hydrogens is 328 g/mol. The van der Waals surface area contributed by atoms with Gasteiger partial charge in [0.15, 0.2) is 0 Å². The predicted octanol–water partition coefficient (Wildman–Crippen LogP) is 2.65. The maximum absolute atomic E-state index is 12.6. The molecule has 0 radical (unpaired) electrons. The summed E-state index contributed by atoms with van der Waals surface area (Å²) >= 11 is 0. The van der Waals surface area contributed by atoms with Gasteiger partial charge < -0.3 is 16.0 Å². The third-order valence-corrected chi connectivity index (χ3v) is 4.34. The van der Waals surface area contributed by atoms with E-state index >= 15 is 0 Å². The Bertz CT molecular complexity index is 759. The number of amides is 2. The number of nitrogens with zero attached hydrogens (tertiary/aromatic N) is 1. The lowest BCUT2D eigenvalue weighted by atomic mass is 9.91. The third kappa shape index (κ3) is 4.39. The second kappa shape index (κ2) is 7.99. The Morgan fingerprint density at radius 3 is 2.62 bits per heavy atom. The Balaban J connectivity index is 1.71. The highest BCUT2D eigenvalue weighted by Crippen LogP contribution is 2.24. The van der Waals surface area contributed by atoms with E-state index in [4.69, 9.17) is 0 Å². The number of benzene rings is 1. The van der Waals surface area contributed by atoms with Crippen molar-refractivity contribution in [2.75, 3.05) is 5.32 Å². The van der Waals surface area contributed by atoms with Crippen LogP contribution >= 0.6 is 0 Å². The molecular formula is C20H24N4O2. The molecule has 2 aromatic rings. The van der Waals surface area contributed by atoms with E-state index in [1.165, 1.54) is 0 Å². The molecule has 2 atom stereocenters. The number of aromatic nitrogens is 1. The number of carbonyl (C=O) groups is 2. The summed E-state index contributed by atoms with van der Waals surface area (Å²) < 4.78 is 0. The van der Waals surface area contributed by atoms with Gasteiger partial charge in [-0.2, -0.15) is 0 Å². The second-order valence-corrected chi connectivity index (χ2v) is 6.81. The molecule has 1 aliphatic heterocycles. The largest absolute Gasteiger partial charge is 0.368 e. The van der Waals surface area contributed by atoms with Crippen LogP contribution in [0.25, 0.3) is 0 Å². The van der Waals surface area contributed by atoms with Crippen molar-refractivity contribution in [3.8, 4) is 0 Å². The summed E-state index contributed by atoms with van der Waals surface area (Å²) in [6, 6.07) is 13.2. The van der Waals surface area contributed by atoms with Gasteiger partial charge in [0.1, 0.15) is 5.82 Å². The molecule has 0 bridgehead atoms. The van der Waals surface area contributed by atoms with Crippen LogP contribution in [0.3, 0.4) is 0 Å². The predicted molar refractivity (Wildman–Crippen MR) is 101 cm³/mol. The van der Waals surface area contributed by atoms with E-state index in [2.05, 4.69) is 20.9 Å². The fraction of sp³-hybridized carbons (Fsp3) is 0.350. The number of hydrogen-bond acceptors (Lipinski definition) is 4. The molecule has 1 fully saturated rings. The lowest BCUT2D eigenvalue weighted by Gasteiger charge is -2.33. The average Bonchev–Trinajstić information content (AvgIpc) is 2.64. The molecule has 2 heterocycles. The molecule has 6 heteroatoms. The number of pyridine rings is 1. The summed E-state index contributed by atoms with van der Waals surface area (Å²) in [6.07, 6.45) is 2.58. The standard InChI is InChI=1S/C20H24N4O2/c1-13(2)22-17-10-8-15(12-21-17)20(26)23-16-9-11-18(25)24-19(16)14-6-4-3-5-7-14/h3-8,10,12-13,16,19H,9,11H2,1-2H3,(H,21,22)(H,23,26)(H,24,25)/t16-,19+/m1/s1. The van der Waals surface area contributed by atoms with Crippen LogP contribution in [0.15, 0.2) is 48.7 Å². The molecule has 136 valence electrons. The van der Waals surface area contributed by atoms with Crippen LogP contribution in [-0.2, 0) is 4.79 Å². The minimum atomic E-state index is -0.226. The minimum absolute atomic E-state index is 0.00938. The first-order valence-corrected chi connectivity index (χ1v) is 8.90. The summed E-state index contributed by atoms with van der Waals surface area (Å²) in [6.45, 7) is 4.06. The van der Waals surface area contributed by atoms with Gasteiger partial charge in [0.25, 0.3) is 5.91 Å². The van der Waals surface area contributed by atoms with Crippen molar-refractivity contribution >= 4 is 17.6 Å². The SMILES string of the molecule is CC(C)Nc1ccc(C(=O)N[C@@H]2CCC(=O)N[C@H]2c2ccccc2)cn1. The maximum Gasteiger partial charge on any atom is 0.253 e. The number of rotatable bonds is 5. The lowest BCUT2D eigenvalue weighted by Crippen LogP contribution is -2.50. The molecule has 1 aromatic heterocycles. The monoisotopic (exact) mass is 352 g/mol. The molecule has 1 saturated heterocycles. The summed E-state index contributed by atoms with van der Waals surface area (Å²) in [5.41, 5.74) is 1.49. The van der Waals surface area contributed by atoms with Crippen molar-refractivity contribution in [3.05, 3.63) is 59.8 Å². The Labute approximate surface area is 153 Å². The number of carbonyl (C=O) groups excluding carboxylic acids is 2. The zero-order valence-electron chi connectivity index (χ0n) is 15.0. The highest BCUT2D eigenvalue weighted by molar-refractivity contribution is 5.94. The van der Waals surface area contributed by atoms with Crippen LogP contribution in [0.2, 0.25) is 0 Å². The zero-order chi connectivity index (χ0) is 18.5. The van der Waals surface area contributed by atoms with Gasteiger partial charge in [0.2, 0.25) is 5.91 Å². The van der Waals surface area contributed by atoms with E-state index in [1.807, 2.05) is 44.2 Å². The van der Waals surface area contributed by atoms with E-state index < -0.39 is 0 Å². The number of anilines is 1. The van der Waals surface area contributed by atoms with Crippen LogP contribution in [-0.4, -0.2) is 28.9 Å². The van der Waals surface area contributed by atoms with Gasteiger partial charge in [-0.05, 0) is 38.0 Å². The zero-order valence-corrected chi connectivity index (χ0v) is 15.0. The number of hydrogen-bond donors (Lipinski definition) is 3. The fourth-order valence-corrected chi connectivity index (χ4v) is 3.09. The molecule has 1 aromatic carbocycles. The molecule has 2 amide bonds. The summed E-state index contributed by atoms with van der Waals surface area (Å²) in [5.74, 6) is 0.564. The first-order valence-electron chi connectivity index (χ1n) is 8.90. The Hall–Kier alpha value is -2.89. The average molecular weight is 352 g/mol. The quantitative estimate of drug-likeness (QED) is 0.772. The van der Waals surface area contributed by atoms with Gasteiger partial charge in [-0.3, -0.25) is 9.59 Å². The Morgan fingerprint density at radius 1 is 1.19 bits per heavy atom. The van der Waals surface area contributed by atoms with Gasteiger partial charge in [0.05, 0.1) is 17.6 Å². The highest BCUT2D eigenvalue weighted by atomic mass is 16.2. The highest BCUT2D eigenvalue weighted by Gasteiger charge is 2.31. The fourth-order valence-electron chi connectivity index (χ4n) is 3.09. The maximum atomic E-state index is 12.6. The van der Waals surface area contributed by atoms with Crippen LogP contribution in [0, 0.1) is 0 Å². The topological polar surface area (TPSA) is 83.1 Å². The molecule has 3 rings (SSSR count). The third-order valence-electron chi connectivity index (χ3n) is 4.34. The molecule has 3 N–H and O–H groups in total. The lowest BCUT2D eigenvalue weighted by molar-refractivity contribution is -0.123. The van der Waals surface area contributed by atoms with Gasteiger partial charge in [-0.25, -0.2) is 4.98 Å².